The van der Waals surface area contributed by atoms with Crippen molar-refractivity contribution in [1.82, 2.24) is 10.6 Å². The maximum absolute atomic E-state index is 11.8. The zero-order valence-electron chi connectivity index (χ0n) is 18.5. The highest BCUT2D eigenvalue weighted by atomic mass is 32.2. The smallest absolute Gasteiger partial charge is 0.191 e. The van der Waals surface area contributed by atoms with Crippen LogP contribution in [0.2, 0.25) is 0 Å². The summed E-state index contributed by atoms with van der Waals surface area (Å²) >= 11 is 0. The Balaban J connectivity index is 1.91. The Morgan fingerprint density at radius 3 is 2.40 bits per heavy atom. The standard InChI is InChI=1S/C23H34N4O2S/c1-5-24-23(25-15-10-16-27(6-2)21-11-8-7-9-12-21)26-18-20-13-14-22(19(3)17-20)30(4,28)29/h7-9,11-14,17H,5-6,10,15-16,18H2,1-4H3,(H2,24,25,26). The quantitative estimate of drug-likeness (QED) is 0.343. The number of nitrogens with one attached hydrogen (secondary N) is 2. The lowest BCUT2D eigenvalue weighted by Crippen LogP contribution is -2.38. The third-order valence-corrected chi connectivity index (χ3v) is 6.06. The lowest BCUT2D eigenvalue weighted by molar-refractivity contribution is 0.601. The monoisotopic (exact) mass is 430 g/mol. The summed E-state index contributed by atoms with van der Waals surface area (Å²) in [7, 11) is -3.20. The van der Waals surface area contributed by atoms with Gasteiger partial charge in [-0.15, -0.1) is 0 Å². The molecule has 0 aliphatic carbocycles. The van der Waals surface area contributed by atoms with Gasteiger partial charge in [-0.3, -0.25) is 0 Å². The Morgan fingerprint density at radius 1 is 1.07 bits per heavy atom. The molecule has 0 spiro atoms. The van der Waals surface area contributed by atoms with Gasteiger partial charge in [0.2, 0.25) is 0 Å². The first-order valence-corrected chi connectivity index (χ1v) is 12.4. The van der Waals surface area contributed by atoms with Crippen molar-refractivity contribution in [2.24, 2.45) is 4.99 Å². The molecule has 0 aliphatic heterocycles. The lowest BCUT2D eigenvalue weighted by Gasteiger charge is -2.23. The average Bonchev–Trinajstić information content (AvgIpc) is 2.71. The Morgan fingerprint density at radius 2 is 1.80 bits per heavy atom. The zero-order valence-corrected chi connectivity index (χ0v) is 19.3. The molecule has 2 aromatic rings. The molecule has 0 amide bonds. The molecule has 30 heavy (non-hydrogen) atoms. The van der Waals surface area contributed by atoms with Crippen LogP contribution >= 0.6 is 0 Å². The van der Waals surface area contributed by atoms with Crippen molar-refractivity contribution >= 4 is 21.5 Å². The summed E-state index contributed by atoms with van der Waals surface area (Å²) in [6.07, 6.45) is 2.23. The van der Waals surface area contributed by atoms with E-state index in [-0.39, 0.29) is 0 Å². The molecule has 0 saturated heterocycles. The van der Waals surface area contributed by atoms with Crippen LogP contribution in [0.3, 0.4) is 0 Å². The summed E-state index contributed by atoms with van der Waals surface area (Å²) < 4.78 is 23.5. The fourth-order valence-corrected chi connectivity index (χ4v) is 4.28. The molecular formula is C23H34N4O2S. The molecule has 0 saturated carbocycles. The van der Waals surface area contributed by atoms with Crippen molar-refractivity contribution in [3.05, 3.63) is 59.7 Å². The summed E-state index contributed by atoms with van der Waals surface area (Å²) in [5, 5.41) is 6.65. The van der Waals surface area contributed by atoms with Crippen molar-refractivity contribution in [3.8, 4) is 0 Å². The minimum absolute atomic E-state index is 0.374. The normalized spacial score (nSPS) is 11.9. The molecule has 2 aromatic carbocycles. The second kappa shape index (κ2) is 11.6. The van der Waals surface area contributed by atoms with E-state index in [1.807, 2.05) is 32.0 Å². The SMILES string of the molecule is CCNC(=NCc1ccc(S(C)(=O)=O)c(C)c1)NCCCN(CC)c1ccccc1. The van der Waals surface area contributed by atoms with Gasteiger partial charge >= 0.3 is 0 Å². The number of aryl methyl sites for hydroxylation is 1. The van der Waals surface area contributed by atoms with E-state index in [9.17, 15) is 8.42 Å². The topological polar surface area (TPSA) is 73.8 Å². The second-order valence-corrected chi connectivity index (χ2v) is 9.25. The van der Waals surface area contributed by atoms with E-state index in [0.717, 1.165) is 49.7 Å². The Labute approximate surface area is 181 Å². The van der Waals surface area contributed by atoms with Crippen LogP contribution in [0, 0.1) is 6.92 Å². The number of anilines is 1. The molecule has 6 nitrogen and oxygen atoms in total. The Bertz CT molecular complexity index is 927. The first kappa shape index (κ1) is 23.7. The second-order valence-electron chi connectivity index (χ2n) is 7.26. The molecule has 164 valence electrons. The summed E-state index contributed by atoms with van der Waals surface area (Å²) in [6, 6.07) is 15.8. The maximum Gasteiger partial charge on any atom is 0.191 e. The third kappa shape index (κ3) is 7.37. The molecule has 0 fully saturated rings. The molecule has 7 heteroatoms. The number of nitrogens with zero attached hydrogens (tertiary/aromatic N) is 2. The number of benzene rings is 2. The van der Waals surface area contributed by atoms with Crippen LogP contribution < -0.4 is 15.5 Å². The lowest BCUT2D eigenvalue weighted by atomic mass is 10.1. The van der Waals surface area contributed by atoms with Crippen LogP contribution in [-0.2, 0) is 16.4 Å². The van der Waals surface area contributed by atoms with Gasteiger partial charge in [0.15, 0.2) is 15.8 Å². The maximum atomic E-state index is 11.8. The van der Waals surface area contributed by atoms with Crippen LogP contribution in [0.15, 0.2) is 58.4 Å². The molecule has 0 aliphatic rings. The highest BCUT2D eigenvalue weighted by Crippen LogP contribution is 2.17. The van der Waals surface area contributed by atoms with E-state index in [4.69, 9.17) is 0 Å². The zero-order chi connectivity index (χ0) is 22.0. The fourth-order valence-electron chi connectivity index (χ4n) is 3.32. The van der Waals surface area contributed by atoms with Gasteiger partial charge in [0, 0.05) is 38.1 Å². The number of rotatable bonds is 10. The van der Waals surface area contributed by atoms with E-state index in [0.29, 0.717) is 11.4 Å². The number of guanidine groups is 1. The number of hydrogen-bond donors (Lipinski definition) is 2. The van der Waals surface area contributed by atoms with Crippen LogP contribution in [0.4, 0.5) is 5.69 Å². The molecule has 0 atom stereocenters. The van der Waals surface area contributed by atoms with Gasteiger partial charge in [0.1, 0.15) is 0 Å². The van der Waals surface area contributed by atoms with Crippen molar-refractivity contribution in [3.63, 3.8) is 0 Å². The van der Waals surface area contributed by atoms with E-state index < -0.39 is 9.84 Å². The van der Waals surface area contributed by atoms with Gasteiger partial charge in [-0.25, -0.2) is 13.4 Å². The number of hydrogen-bond acceptors (Lipinski definition) is 4. The van der Waals surface area contributed by atoms with Gasteiger partial charge in [0.05, 0.1) is 11.4 Å². The van der Waals surface area contributed by atoms with Gasteiger partial charge in [-0.1, -0.05) is 30.3 Å². The molecular weight excluding hydrogens is 396 g/mol. The Kier molecular flexibility index (Phi) is 9.17. The van der Waals surface area contributed by atoms with Crippen LogP contribution in [-0.4, -0.2) is 46.8 Å². The molecule has 0 bridgehead atoms. The first-order chi connectivity index (χ1) is 14.3. The first-order valence-electron chi connectivity index (χ1n) is 10.5. The predicted molar refractivity (Wildman–Crippen MR) is 126 cm³/mol. The van der Waals surface area contributed by atoms with Gasteiger partial charge in [0.25, 0.3) is 0 Å². The number of aliphatic imine (C=N–C) groups is 1. The van der Waals surface area contributed by atoms with Crippen LogP contribution in [0.25, 0.3) is 0 Å². The van der Waals surface area contributed by atoms with Gasteiger partial charge in [-0.2, -0.15) is 0 Å². The number of sulfone groups is 1. The highest BCUT2D eigenvalue weighted by molar-refractivity contribution is 7.90. The minimum atomic E-state index is -3.20. The van der Waals surface area contributed by atoms with Gasteiger partial charge in [-0.05, 0) is 56.5 Å². The molecule has 0 aromatic heterocycles. The van der Waals surface area contributed by atoms with Crippen molar-refractivity contribution in [1.29, 1.82) is 0 Å². The minimum Gasteiger partial charge on any atom is -0.372 e. The summed E-state index contributed by atoms with van der Waals surface area (Å²) in [4.78, 5) is 7.38. The van der Waals surface area contributed by atoms with Crippen molar-refractivity contribution in [2.75, 3.05) is 37.3 Å². The van der Waals surface area contributed by atoms with E-state index in [2.05, 4.69) is 51.7 Å². The number of para-hydroxylation sites is 1. The predicted octanol–water partition coefficient (Wildman–Crippen LogP) is 3.37. The molecule has 2 N–H and O–H groups in total. The summed E-state index contributed by atoms with van der Waals surface area (Å²) in [5.41, 5.74) is 2.98. The fraction of sp³-hybridized carbons (Fsp3) is 0.435. The van der Waals surface area contributed by atoms with Crippen LogP contribution in [0.1, 0.15) is 31.4 Å². The summed E-state index contributed by atoms with van der Waals surface area (Å²) in [5.74, 6) is 0.769. The van der Waals surface area contributed by atoms with Crippen molar-refractivity contribution < 1.29 is 8.42 Å². The van der Waals surface area contributed by atoms with Crippen molar-refractivity contribution in [2.45, 2.75) is 38.6 Å². The summed E-state index contributed by atoms with van der Waals surface area (Å²) in [6.45, 7) is 10.1. The molecule has 0 unspecified atom stereocenters. The van der Waals surface area contributed by atoms with E-state index >= 15 is 0 Å². The van der Waals surface area contributed by atoms with Crippen LogP contribution in [0.5, 0.6) is 0 Å². The largest absolute Gasteiger partial charge is 0.372 e. The molecule has 0 radical (unpaired) electrons. The Hall–Kier alpha value is -2.54. The van der Waals surface area contributed by atoms with E-state index in [1.54, 1.807) is 6.07 Å². The third-order valence-electron chi connectivity index (χ3n) is 4.80. The highest BCUT2D eigenvalue weighted by Gasteiger charge is 2.10. The molecule has 0 heterocycles. The van der Waals surface area contributed by atoms with Gasteiger partial charge < -0.3 is 15.5 Å². The average molecular weight is 431 g/mol. The molecule has 2 rings (SSSR count). The van der Waals surface area contributed by atoms with E-state index in [1.165, 1.54) is 11.9 Å².